The molecule has 3 aromatic rings. The van der Waals surface area contributed by atoms with E-state index in [0.717, 1.165) is 17.0 Å². The first-order valence-corrected chi connectivity index (χ1v) is 9.86. The quantitative estimate of drug-likeness (QED) is 0.627. The Morgan fingerprint density at radius 1 is 1.04 bits per heavy atom. The van der Waals surface area contributed by atoms with E-state index in [-0.39, 0.29) is 17.9 Å². The summed E-state index contributed by atoms with van der Waals surface area (Å²) in [4.78, 5) is 16.6. The molecule has 0 aliphatic rings. The number of rotatable bonds is 6. The van der Waals surface area contributed by atoms with Gasteiger partial charge in [-0.2, -0.15) is 0 Å². The molecule has 6 heteroatoms. The number of benzene rings is 2. The molecule has 0 spiro atoms. The molecule has 1 N–H and O–H groups in total. The molecule has 1 aromatic heterocycles. The highest BCUT2D eigenvalue weighted by Crippen LogP contribution is 2.27. The van der Waals surface area contributed by atoms with Gasteiger partial charge in [-0.3, -0.25) is 10.1 Å². The van der Waals surface area contributed by atoms with Crippen molar-refractivity contribution in [3.8, 4) is 22.8 Å². The first-order chi connectivity index (χ1) is 13.3. The van der Waals surface area contributed by atoms with Gasteiger partial charge < -0.3 is 9.47 Å². The van der Waals surface area contributed by atoms with Crippen molar-refractivity contribution in [2.24, 2.45) is 0 Å². The van der Waals surface area contributed by atoms with Gasteiger partial charge in [-0.1, -0.05) is 32.9 Å². The van der Waals surface area contributed by atoms with Crippen molar-refractivity contribution >= 4 is 22.4 Å². The number of hydrogen-bond donors (Lipinski definition) is 1. The van der Waals surface area contributed by atoms with E-state index < -0.39 is 0 Å². The van der Waals surface area contributed by atoms with Crippen LogP contribution in [-0.4, -0.2) is 24.6 Å². The summed E-state index contributed by atoms with van der Waals surface area (Å²) in [5.41, 5.74) is 3.08. The van der Waals surface area contributed by atoms with E-state index in [1.54, 1.807) is 7.11 Å². The third-order valence-corrected chi connectivity index (χ3v) is 4.98. The molecule has 1 heterocycles. The maximum absolute atomic E-state index is 12.2. The summed E-state index contributed by atoms with van der Waals surface area (Å²) in [6, 6.07) is 15.5. The van der Waals surface area contributed by atoms with E-state index in [9.17, 15) is 4.79 Å². The fourth-order valence-corrected chi connectivity index (χ4v) is 3.32. The van der Waals surface area contributed by atoms with Gasteiger partial charge in [0.15, 0.2) is 11.7 Å². The van der Waals surface area contributed by atoms with Crippen LogP contribution in [0, 0.1) is 0 Å². The van der Waals surface area contributed by atoms with Gasteiger partial charge in [0, 0.05) is 10.9 Å². The summed E-state index contributed by atoms with van der Waals surface area (Å²) in [7, 11) is 1.63. The number of thiazole rings is 1. The molecule has 0 bridgehead atoms. The first-order valence-electron chi connectivity index (χ1n) is 8.98. The lowest BCUT2D eigenvalue weighted by molar-refractivity contribution is -0.118. The Bertz CT molecular complexity index is 926. The topological polar surface area (TPSA) is 60.5 Å². The summed E-state index contributed by atoms with van der Waals surface area (Å²) in [6.45, 7) is 6.41. The zero-order valence-electron chi connectivity index (χ0n) is 16.5. The van der Waals surface area contributed by atoms with Crippen LogP contribution >= 0.6 is 11.3 Å². The Balaban J connectivity index is 1.54. The molecule has 0 aliphatic heterocycles. The highest BCUT2D eigenvalue weighted by molar-refractivity contribution is 7.14. The molecule has 0 atom stereocenters. The van der Waals surface area contributed by atoms with E-state index in [1.807, 2.05) is 53.9 Å². The molecule has 5 nitrogen and oxygen atoms in total. The van der Waals surface area contributed by atoms with E-state index >= 15 is 0 Å². The minimum Gasteiger partial charge on any atom is -0.497 e. The summed E-state index contributed by atoms with van der Waals surface area (Å²) >= 11 is 1.38. The highest BCUT2D eigenvalue weighted by atomic mass is 32.1. The van der Waals surface area contributed by atoms with Crippen molar-refractivity contribution in [1.82, 2.24) is 4.98 Å². The number of methoxy groups -OCH3 is 1. The van der Waals surface area contributed by atoms with Crippen LogP contribution in [0.1, 0.15) is 26.3 Å². The van der Waals surface area contributed by atoms with Crippen molar-refractivity contribution in [2.75, 3.05) is 19.0 Å². The maximum Gasteiger partial charge on any atom is 0.264 e. The second-order valence-corrected chi connectivity index (χ2v) is 8.24. The van der Waals surface area contributed by atoms with Gasteiger partial charge >= 0.3 is 0 Å². The Hall–Kier alpha value is -2.86. The minimum absolute atomic E-state index is 0.0632. The molecule has 1 amide bonds. The predicted octanol–water partition coefficient (Wildman–Crippen LogP) is 5.13. The number of anilines is 1. The fourth-order valence-electron chi connectivity index (χ4n) is 2.58. The average Bonchev–Trinajstić information content (AvgIpc) is 3.14. The number of carbonyl (C=O) groups excluding carboxylic acids is 1. The van der Waals surface area contributed by atoms with Crippen LogP contribution in [0.25, 0.3) is 11.3 Å². The molecule has 0 aliphatic carbocycles. The Morgan fingerprint density at radius 2 is 1.68 bits per heavy atom. The molecule has 146 valence electrons. The van der Waals surface area contributed by atoms with Crippen molar-refractivity contribution < 1.29 is 14.3 Å². The zero-order valence-corrected chi connectivity index (χ0v) is 17.3. The van der Waals surface area contributed by atoms with Gasteiger partial charge in [0.25, 0.3) is 5.91 Å². The maximum atomic E-state index is 12.2. The van der Waals surface area contributed by atoms with Crippen LogP contribution in [0.5, 0.6) is 11.5 Å². The van der Waals surface area contributed by atoms with Gasteiger partial charge in [0.1, 0.15) is 11.5 Å². The highest BCUT2D eigenvalue weighted by Gasteiger charge is 2.13. The van der Waals surface area contributed by atoms with Gasteiger partial charge in [-0.15, -0.1) is 11.3 Å². The molecule has 0 saturated carbocycles. The number of carbonyl (C=O) groups is 1. The molecule has 0 radical (unpaired) electrons. The SMILES string of the molecule is COc1ccc(-c2csc(NC(=O)COc3ccc(C(C)(C)C)cc3)n2)cc1. The van der Waals surface area contributed by atoms with Crippen LogP contribution in [0.2, 0.25) is 0 Å². The van der Waals surface area contributed by atoms with Crippen LogP contribution in [0.3, 0.4) is 0 Å². The van der Waals surface area contributed by atoms with E-state index in [2.05, 4.69) is 31.1 Å². The molecule has 0 saturated heterocycles. The van der Waals surface area contributed by atoms with Crippen LogP contribution in [0.15, 0.2) is 53.9 Å². The van der Waals surface area contributed by atoms with E-state index in [4.69, 9.17) is 9.47 Å². The molecular formula is C22H24N2O3S. The smallest absolute Gasteiger partial charge is 0.264 e. The molecule has 0 unspecified atom stereocenters. The molecular weight excluding hydrogens is 372 g/mol. The number of nitrogens with one attached hydrogen (secondary N) is 1. The number of ether oxygens (including phenoxy) is 2. The zero-order chi connectivity index (χ0) is 20.1. The van der Waals surface area contributed by atoms with E-state index in [1.165, 1.54) is 16.9 Å². The van der Waals surface area contributed by atoms with Gasteiger partial charge in [0.2, 0.25) is 0 Å². The third kappa shape index (κ3) is 5.10. The van der Waals surface area contributed by atoms with Crippen LogP contribution < -0.4 is 14.8 Å². The number of nitrogens with zero attached hydrogens (tertiary/aromatic N) is 1. The Kier molecular flexibility index (Phi) is 5.99. The summed E-state index contributed by atoms with van der Waals surface area (Å²) in [5.74, 6) is 1.22. The monoisotopic (exact) mass is 396 g/mol. The lowest BCUT2D eigenvalue weighted by atomic mass is 9.87. The molecule has 2 aromatic carbocycles. The van der Waals surface area contributed by atoms with Gasteiger partial charge in [-0.25, -0.2) is 4.98 Å². The van der Waals surface area contributed by atoms with Crippen molar-refractivity contribution in [3.63, 3.8) is 0 Å². The fraction of sp³-hybridized carbons (Fsp3) is 0.273. The van der Waals surface area contributed by atoms with Gasteiger partial charge in [0.05, 0.1) is 12.8 Å². The lowest BCUT2D eigenvalue weighted by Crippen LogP contribution is -2.20. The number of amides is 1. The predicted molar refractivity (Wildman–Crippen MR) is 113 cm³/mol. The second kappa shape index (κ2) is 8.44. The van der Waals surface area contributed by atoms with Crippen LogP contribution in [-0.2, 0) is 10.2 Å². The number of aromatic nitrogens is 1. The summed E-state index contributed by atoms with van der Waals surface area (Å²) in [5, 5.41) is 5.23. The van der Waals surface area contributed by atoms with Crippen LogP contribution in [0.4, 0.5) is 5.13 Å². The van der Waals surface area contributed by atoms with Crippen molar-refractivity contribution in [3.05, 3.63) is 59.5 Å². The normalized spacial score (nSPS) is 11.1. The average molecular weight is 397 g/mol. The largest absolute Gasteiger partial charge is 0.497 e. The Labute approximate surface area is 169 Å². The summed E-state index contributed by atoms with van der Waals surface area (Å²) in [6.07, 6.45) is 0. The second-order valence-electron chi connectivity index (χ2n) is 7.38. The standard InChI is InChI=1S/C22H24N2O3S/c1-22(2,3)16-7-11-18(12-8-16)27-13-20(25)24-21-23-19(14-28-21)15-5-9-17(26-4)10-6-15/h5-12,14H,13H2,1-4H3,(H,23,24,25). The molecule has 0 fully saturated rings. The Morgan fingerprint density at radius 3 is 2.29 bits per heavy atom. The number of hydrogen-bond acceptors (Lipinski definition) is 5. The third-order valence-electron chi connectivity index (χ3n) is 4.23. The summed E-state index contributed by atoms with van der Waals surface area (Å²) < 4.78 is 10.7. The van der Waals surface area contributed by atoms with E-state index in [0.29, 0.717) is 10.9 Å². The lowest BCUT2D eigenvalue weighted by Gasteiger charge is -2.19. The minimum atomic E-state index is -0.240. The molecule has 3 rings (SSSR count). The molecule has 28 heavy (non-hydrogen) atoms. The first kappa shape index (κ1) is 19.9. The van der Waals surface area contributed by atoms with Crippen molar-refractivity contribution in [1.29, 1.82) is 0 Å². The van der Waals surface area contributed by atoms with Gasteiger partial charge in [-0.05, 0) is 47.4 Å². The van der Waals surface area contributed by atoms with Crippen molar-refractivity contribution in [2.45, 2.75) is 26.2 Å².